The quantitative estimate of drug-likeness (QED) is 0.206. The maximum absolute atomic E-state index is 11.9. The number of ether oxygens (including phenoxy) is 3. The standard InChI is InChI=1S/C22H38O5/c1-6-8-9-13-20(27-22(24)25-7-2)14-15-21(23)26-17-16-19(5)12-10-11-18(3)4/h11,16,20H,6-10,12-15,17H2,1-5H3/b19-16+. The van der Waals surface area contributed by atoms with Crippen LogP contribution in [0.25, 0.3) is 0 Å². The number of carbonyl (C=O) groups excluding carboxylic acids is 2. The van der Waals surface area contributed by atoms with Gasteiger partial charge in [-0.15, -0.1) is 0 Å². The Morgan fingerprint density at radius 1 is 0.926 bits per heavy atom. The van der Waals surface area contributed by atoms with Gasteiger partial charge in [-0.2, -0.15) is 0 Å². The third-order valence-electron chi connectivity index (χ3n) is 4.09. The van der Waals surface area contributed by atoms with Gasteiger partial charge in [0.05, 0.1) is 6.61 Å². The van der Waals surface area contributed by atoms with Gasteiger partial charge in [0, 0.05) is 6.42 Å². The molecule has 0 saturated carbocycles. The summed E-state index contributed by atoms with van der Waals surface area (Å²) in [4.78, 5) is 23.5. The molecule has 0 rings (SSSR count). The van der Waals surface area contributed by atoms with E-state index in [9.17, 15) is 9.59 Å². The number of rotatable bonds is 14. The average Bonchev–Trinajstić information content (AvgIpc) is 2.59. The summed E-state index contributed by atoms with van der Waals surface area (Å²) < 4.78 is 15.4. The van der Waals surface area contributed by atoms with Crippen LogP contribution in [0.4, 0.5) is 4.79 Å². The summed E-state index contributed by atoms with van der Waals surface area (Å²) >= 11 is 0. The lowest BCUT2D eigenvalue weighted by Gasteiger charge is -2.17. The molecular formula is C22H38O5. The van der Waals surface area contributed by atoms with Crippen LogP contribution >= 0.6 is 0 Å². The number of esters is 1. The van der Waals surface area contributed by atoms with Crippen LogP contribution in [-0.2, 0) is 19.0 Å². The highest BCUT2D eigenvalue weighted by Crippen LogP contribution is 2.14. The Labute approximate surface area is 165 Å². The van der Waals surface area contributed by atoms with Crippen molar-refractivity contribution in [2.45, 2.75) is 92.1 Å². The Kier molecular flexibility index (Phi) is 15.3. The van der Waals surface area contributed by atoms with E-state index >= 15 is 0 Å². The zero-order valence-corrected chi connectivity index (χ0v) is 17.8. The molecule has 0 radical (unpaired) electrons. The normalized spacial score (nSPS) is 12.3. The highest BCUT2D eigenvalue weighted by molar-refractivity contribution is 5.69. The topological polar surface area (TPSA) is 61.8 Å². The molecule has 0 spiro atoms. The van der Waals surface area contributed by atoms with Gasteiger partial charge in [-0.1, -0.05) is 37.0 Å². The second-order valence-corrected chi connectivity index (χ2v) is 7.01. The molecule has 1 unspecified atom stereocenters. The molecular weight excluding hydrogens is 344 g/mol. The zero-order valence-electron chi connectivity index (χ0n) is 17.8. The van der Waals surface area contributed by atoms with Crippen molar-refractivity contribution in [3.05, 3.63) is 23.3 Å². The molecule has 5 heteroatoms. The minimum Gasteiger partial charge on any atom is -0.461 e. The summed E-state index contributed by atoms with van der Waals surface area (Å²) in [6.07, 6.45) is 9.72. The molecule has 27 heavy (non-hydrogen) atoms. The SMILES string of the molecule is CCCCCC(CCC(=O)OC/C=C(\C)CCC=C(C)C)OC(=O)OCC. The van der Waals surface area contributed by atoms with E-state index in [-0.39, 0.29) is 25.1 Å². The van der Waals surface area contributed by atoms with Gasteiger partial charge in [-0.05, 0) is 65.9 Å². The highest BCUT2D eigenvalue weighted by atomic mass is 16.7. The van der Waals surface area contributed by atoms with Crippen LogP contribution in [0.5, 0.6) is 0 Å². The highest BCUT2D eigenvalue weighted by Gasteiger charge is 2.17. The number of unbranched alkanes of at least 4 members (excludes halogenated alkanes) is 2. The van der Waals surface area contributed by atoms with Crippen LogP contribution in [-0.4, -0.2) is 31.4 Å². The molecule has 0 aliphatic rings. The van der Waals surface area contributed by atoms with E-state index in [1.54, 1.807) is 6.92 Å². The van der Waals surface area contributed by atoms with Gasteiger partial charge >= 0.3 is 12.1 Å². The third kappa shape index (κ3) is 16.1. The second kappa shape index (κ2) is 16.4. The molecule has 0 aliphatic carbocycles. The smallest absolute Gasteiger partial charge is 0.461 e. The molecule has 0 N–H and O–H groups in total. The number of hydrogen-bond donors (Lipinski definition) is 0. The summed E-state index contributed by atoms with van der Waals surface area (Å²) in [5.74, 6) is -0.267. The van der Waals surface area contributed by atoms with E-state index in [1.807, 2.05) is 13.0 Å². The van der Waals surface area contributed by atoms with Crippen LogP contribution in [0.2, 0.25) is 0 Å². The van der Waals surface area contributed by atoms with E-state index in [2.05, 4.69) is 26.8 Å². The fourth-order valence-electron chi connectivity index (χ4n) is 2.49. The molecule has 0 fully saturated rings. The molecule has 0 aromatic heterocycles. The second-order valence-electron chi connectivity index (χ2n) is 7.01. The lowest BCUT2D eigenvalue weighted by molar-refractivity contribution is -0.143. The Morgan fingerprint density at radius 2 is 1.67 bits per heavy atom. The van der Waals surface area contributed by atoms with Gasteiger partial charge in [0.15, 0.2) is 0 Å². The van der Waals surface area contributed by atoms with Crippen molar-refractivity contribution in [2.75, 3.05) is 13.2 Å². The molecule has 5 nitrogen and oxygen atoms in total. The lowest BCUT2D eigenvalue weighted by Crippen LogP contribution is -2.21. The van der Waals surface area contributed by atoms with Crippen molar-refractivity contribution in [3.8, 4) is 0 Å². The average molecular weight is 383 g/mol. The minimum absolute atomic E-state index is 0.237. The van der Waals surface area contributed by atoms with Crippen molar-refractivity contribution in [3.63, 3.8) is 0 Å². The van der Waals surface area contributed by atoms with E-state index < -0.39 is 6.16 Å². The molecule has 156 valence electrons. The summed E-state index contributed by atoms with van der Waals surface area (Å²) in [7, 11) is 0. The van der Waals surface area contributed by atoms with Crippen LogP contribution < -0.4 is 0 Å². The van der Waals surface area contributed by atoms with Gasteiger partial charge in [0.25, 0.3) is 0 Å². The maximum atomic E-state index is 11.9. The summed E-state index contributed by atoms with van der Waals surface area (Å²) in [5.41, 5.74) is 2.52. The Bertz CT molecular complexity index is 475. The van der Waals surface area contributed by atoms with Crippen LogP contribution in [0.1, 0.15) is 86.0 Å². The van der Waals surface area contributed by atoms with Crippen molar-refractivity contribution in [1.29, 1.82) is 0 Å². The van der Waals surface area contributed by atoms with Gasteiger partial charge in [0.1, 0.15) is 12.7 Å². The first-order valence-corrected chi connectivity index (χ1v) is 10.2. The lowest BCUT2D eigenvalue weighted by atomic mass is 10.1. The third-order valence-corrected chi connectivity index (χ3v) is 4.09. The monoisotopic (exact) mass is 382 g/mol. The van der Waals surface area contributed by atoms with E-state index in [0.717, 1.165) is 38.5 Å². The Morgan fingerprint density at radius 3 is 2.30 bits per heavy atom. The van der Waals surface area contributed by atoms with Crippen molar-refractivity contribution >= 4 is 12.1 Å². The predicted molar refractivity (Wildman–Crippen MR) is 109 cm³/mol. The zero-order chi connectivity index (χ0) is 20.5. The van der Waals surface area contributed by atoms with E-state index in [1.165, 1.54) is 11.1 Å². The first-order valence-electron chi connectivity index (χ1n) is 10.2. The first kappa shape index (κ1) is 25.2. The Balaban J connectivity index is 4.22. The number of allylic oxidation sites excluding steroid dienone is 3. The molecule has 0 aromatic carbocycles. The van der Waals surface area contributed by atoms with Crippen molar-refractivity contribution < 1.29 is 23.8 Å². The van der Waals surface area contributed by atoms with Crippen LogP contribution in [0.15, 0.2) is 23.3 Å². The van der Waals surface area contributed by atoms with Gasteiger partial charge < -0.3 is 14.2 Å². The molecule has 0 saturated heterocycles. The molecule has 1 atom stereocenters. The molecule has 0 heterocycles. The van der Waals surface area contributed by atoms with E-state index in [0.29, 0.717) is 13.0 Å². The van der Waals surface area contributed by atoms with Crippen LogP contribution in [0.3, 0.4) is 0 Å². The molecule has 0 aliphatic heterocycles. The van der Waals surface area contributed by atoms with Gasteiger partial charge in [-0.3, -0.25) is 4.79 Å². The van der Waals surface area contributed by atoms with Crippen molar-refractivity contribution in [1.82, 2.24) is 0 Å². The molecule has 0 amide bonds. The summed E-state index contributed by atoms with van der Waals surface area (Å²) in [6, 6.07) is 0. The predicted octanol–water partition coefficient (Wildman–Crippen LogP) is 6.12. The summed E-state index contributed by atoms with van der Waals surface area (Å²) in [5, 5.41) is 0. The fourth-order valence-corrected chi connectivity index (χ4v) is 2.49. The number of hydrogen-bond acceptors (Lipinski definition) is 5. The van der Waals surface area contributed by atoms with Gasteiger partial charge in [0.2, 0.25) is 0 Å². The minimum atomic E-state index is -0.665. The summed E-state index contributed by atoms with van der Waals surface area (Å²) in [6.45, 7) is 10.6. The Hall–Kier alpha value is -1.78. The van der Waals surface area contributed by atoms with Crippen molar-refractivity contribution in [2.24, 2.45) is 0 Å². The maximum Gasteiger partial charge on any atom is 0.508 e. The first-order chi connectivity index (χ1) is 12.9. The van der Waals surface area contributed by atoms with E-state index in [4.69, 9.17) is 14.2 Å². The van der Waals surface area contributed by atoms with Gasteiger partial charge in [-0.25, -0.2) is 4.79 Å². The van der Waals surface area contributed by atoms with Crippen LogP contribution in [0, 0.1) is 0 Å². The number of carbonyl (C=O) groups is 2. The largest absolute Gasteiger partial charge is 0.508 e. The fraction of sp³-hybridized carbons (Fsp3) is 0.727. The molecule has 0 aromatic rings. The molecule has 0 bridgehead atoms.